The van der Waals surface area contributed by atoms with Gasteiger partial charge in [-0.05, 0) is 29.9 Å². The van der Waals surface area contributed by atoms with Gasteiger partial charge in [0, 0.05) is 31.9 Å². The summed E-state index contributed by atoms with van der Waals surface area (Å²) in [5.74, 6) is 2.62. The Kier molecular flexibility index (Phi) is 3.57. The lowest BCUT2D eigenvalue weighted by Gasteiger charge is -2.23. The average Bonchev–Trinajstić information content (AvgIpc) is 3.03. The summed E-state index contributed by atoms with van der Waals surface area (Å²) < 4.78 is 5.28. The van der Waals surface area contributed by atoms with Gasteiger partial charge in [-0.3, -0.25) is 0 Å². The topological polar surface area (TPSA) is 38.5 Å². The standard InChI is InChI=1S/C14H22N2O/c1-10-6-12(10)9-16(2)14-7-13(17-3)5-4-11(14)8-15/h4-5,7,10,12H,6,8-9,15H2,1-3H3. The molecular weight excluding hydrogens is 212 g/mol. The van der Waals surface area contributed by atoms with Crippen LogP contribution in [0.4, 0.5) is 5.69 Å². The minimum Gasteiger partial charge on any atom is -0.497 e. The fourth-order valence-electron chi connectivity index (χ4n) is 2.30. The normalized spacial score (nSPS) is 22.4. The summed E-state index contributed by atoms with van der Waals surface area (Å²) >= 11 is 0. The Bertz CT molecular complexity index is 392. The molecule has 0 spiro atoms. The molecule has 94 valence electrons. The smallest absolute Gasteiger partial charge is 0.120 e. The van der Waals surface area contributed by atoms with E-state index in [2.05, 4.69) is 31.0 Å². The van der Waals surface area contributed by atoms with Crippen LogP contribution in [0.25, 0.3) is 0 Å². The van der Waals surface area contributed by atoms with E-state index in [-0.39, 0.29) is 0 Å². The van der Waals surface area contributed by atoms with Crippen LogP contribution in [0.2, 0.25) is 0 Å². The van der Waals surface area contributed by atoms with Crippen LogP contribution in [0.1, 0.15) is 18.9 Å². The number of nitrogens with zero attached hydrogens (tertiary/aromatic N) is 1. The van der Waals surface area contributed by atoms with Crippen LogP contribution < -0.4 is 15.4 Å². The van der Waals surface area contributed by atoms with Crippen LogP contribution in [0.3, 0.4) is 0 Å². The highest BCUT2D eigenvalue weighted by molar-refractivity contribution is 5.57. The molecule has 2 unspecified atom stereocenters. The molecule has 0 bridgehead atoms. The molecule has 1 saturated carbocycles. The first kappa shape index (κ1) is 12.2. The van der Waals surface area contributed by atoms with Crippen LogP contribution in [-0.4, -0.2) is 20.7 Å². The molecule has 0 amide bonds. The summed E-state index contributed by atoms with van der Waals surface area (Å²) in [5.41, 5.74) is 8.17. The summed E-state index contributed by atoms with van der Waals surface area (Å²) in [7, 11) is 3.84. The number of rotatable bonds is 5. The number of anilines is 1. The molecule has 0 aliphatic heterocycles. The summed E-state index contributed by atoms with van der Waals surface area (Å²) in [4.78, 5) is 2.30. The van der Waals surface area contributed by atoms with Gasteiger partial charge in [0.05, 0.1) is 7.11 Å². The molecule has 1 aromatic carbocycles. The fraction of sp³-hybridized carbons (Fsp3) is 0.571. The maximum absolute atomic E-state index is 5.79. The number of hydrogen-bond donors (Lipinski definition) is 1. The zero-order chi connectivity index (χ0) is 12.4. The molecule has 1 fully saturated rings. The van der Waals surface area contributed by atoms with Crippen molar-refractivity contribution in [1.29, 1.82) is 0 Å². The van der Waals surface area contributed by atoms with E-state index in [9.17, 15) is 0 Å². The van der Waals surface area contributed by atoms with Gasteiger partial charge in [-0.15, -0.1) is 0 Å². The molecule has 0 heterocycles. The zero-order valence-electron chi connectivity index (χ0n) is 10.9. The first-order valence-electron chi connectivity index (χ1n) is 6.23. The molecule has 0 radical (unpaired) electrons. The van der Waals surface area contributed by atoms with E-state index in [0.717, 1.165) is 24.1 Å². The Labute approximate surface area is 104 Å². The Hall–Kier alpha value is -1.22. The van der Waals surface area contributed by atoms with Gasteiger partial charge in [-0.2, -0.15) is 0 Å². The van der Waals surface area contributed by atoms with Crippen molar-refractivity contribution in [1.82, 2.24) is 0 Å². The van der Waals surface area contributed by atoms with Crippen molar-refractivity contribution in [3.63, 3.8) is 0 Å². The van der Waals surface area contributed by atoms with Crippen molar-refractivity contribution in [3.8, 4) is 5.75 Å². The maximum atomic E-state index is 5.79. The monoisotopic (exact) mass is 234 g/mol. The van der Waals surface area contributed by atoms with Gasteiger partial charge in [0.15, 0.2) is 0 Å². The van der Waals surface area contributed by atoms with Crippen molar-refractivity contribution >= 4 is 5.69 Å². The molecule has 0 aromatic heterocycles. The lowest BCUT2D eigenvalue weighted by molar-refractivity contribution is 0.414. The minimum atomic E-state index is 0.573. The highest BCUT2D eigenvalue weighted by Crippen LogP contribution is 2.39. The Balaban J connectivity index is 2.15. The van der Waals surface area contributed by atoms with Crippen LogP contribution in [0, 0.1) is 11.8 Å². The number of methoxy groups -OCH3 is 1. The summed E-state index contributed by atoms with van der Waals surface area (Å²) in [6, 6.07) is 6.11. The van der Waals surface area contributed by atoms with E-state index in [1.54, 1.807) is 7.11 Å². The highest BCUT2D eigenvalue weighted by Gasteiger charge is 2.33. The van der Waals surface area contributed by atoms with Gasteiger partial charge < -0.3 is 15.4 Å². The van der Waals surface area contributed by atoms with Gasteiger partial charge in [0.25, 0.3) is 0 Å². The Morgan fingerprint density at radius 3 is 2.71 bits per heavy atom. The largest absolute Gasteiger partial charge is 0.497 e. The average molecular weight is 234 g/mol. The zero-order valence-corrected chi connectivity index (χ0v) is 10.9. The lowest BCUT2D eigenvalue weighted by Crippen LogP contribution is -2.22. The van der Waals surface area contributed by atoms with Crippen LogP contribution in [-0.2, 0) is 6.54 Å². The molecule has 0 saturated heterocycles. The SMILES string of the molecule is COc1ccc(CN)c(N(C)CC2CC2C)c1. The predicted octanol–water partition coefficient (Wildman–Crippen LogP) is 2.25. The number of ether oxygens (including phenoxy) is 1. The predicted molar refractivity (Wildman–Crippen MR) is 71.4 cm³/mol. The van der Waals surface area contributed by atoms with Crippen LogP contribution in [0.5, 0.6) is 5.75 Å². The van der Waals surface area contributed by atoms with Crippen molar-refractivity contribution in [3.05, 3.63) is 23.8 Å². The molecule has 2 N–H and O–H groups in total. The van der Waals surface area contributed by atoms with Crippen molar-refractivity contribution in [2.45, 2.75) is 19.9 Å². The quantitative estimate of drug-likeness (QED) is 0.849. The van der Waals surface area contributed by atoms with E-state index >= 15 is 0 Å². The molecule has 3 nitrogen and oxygen atoms in total. The molecule has 1 aliphatic rings. The van der Waals surface area contributed by atoms with Gasteiger partial charge in [-0.25, -0.2) is 0 Å². The molecule has 3 heteroatoms. The summed E-state index contributed by atoms with van der Waals surface area (Å²) in [6.07, 6.45) is 1.35. The molecule has 2 atom stereocenters. The van der Waals surface area contributed by atoms with Crippen molar-refractivity contribution in [2.75, 3.05) is 25.6 Å². The van der Waals surface area contributed by atoms with E-state index in [1.165, 1.54) is 17.7 Å². The first-order valence-corrected chi connectivity index (χ1v) is 6.23. The van der Waals surface area contributed by atoms with Crippen LogP contribution >= 0.6 is 0 Å². The van der Waals surface area contributed by atoms with Crippen LogP contribution in [0.15, 0.2) is 18.2 Å². The van der Waals surface area contributed by atoms with Gasteiger partial charge in [0.2, 0.25) is 0 Å². The molecule has 1 aliphatic carbocycles. The summed E-state index contributed by atoms with van der Waals surface area (Å²) in [6.45, 7) is 4.00. The molecule has 17 heavy (non-hydrogen) atoms. The number of hydrogen-bond acceptors (Lipinski definition) is 3. The Morgan fingerprint density at radius 1 is 1.47 bits per heavy atom. The Morgan fingerprint density at radius 2 is 2.18 bits per heavy atom. The second-order valence-corrected chi connectivity index (χ2v) is 5.05. The molecule has 2 rings (SSSR count). The fourth-order valence-corrected chi connectivity index (χ4v) is 2.30. The van der Waals surface area contributed by atoms with Gasteiger partial charge in [0.1, 0.15) is 5.75 Å². The third-order valence-electron chi connectivity index (χ3n) is 3.71. The number of nitrogens with two attached hydrogens (primary N) is 1. The van der Waals surface area contributed by atoms with E-state index in [1.807, 2.05) is 6.07 Å². The van der Waals surface area contributed by atoms with E-state index < -0.39 is 0 Å². The third kappa shape index (κ3) is 2.72. The van der Waals surface area contributed by atoms with E-state index in [4.69, 9.17) is 10.5 Å². The van der Waals surface area contributed by atoms with Crippen molar-refractivity contribution in [2.24, 2.45) is 17.6 Å². The van der Waals surface area contributed by atoms with Gasteiger partial charge in [-0.1, -0.05) is 13.0 Å². The molecule has 1 aromatic rings. The third-order valence-corrected chi connectivity index (χ3v) is 3.71. The second kappa shape index (κ2) is 4.96. The molecular formula is C14H22N2O. The summed E-state index contributed by atoms with van der Waals surface area (Å²) in [5, 5.41) is 0. The second-order valence-electron chi connectivity index (χ2n) is 5.05. The highest BCUT2D eigenvalue weighted by atomic mass is 16.5. The van der Waals surface area contributed by atoms with Gasteiger partial charge >= 0.3 is 0 Å². The maximum Gasteiger partial charge on any atom is 0.120 e. The number of benzene rings is 1. The minimum absolute atomic E-state index is 0.573. The van der Waals surface area contributed by atoms with Crippen molar-refractivity contribution < 1.29 is 4.74 Å². The first-order chi connectivity index (χ1) is 8.15. The lowest BCUT2D eigenvalue weighted by atomic mass is 10.1. The van der Waals surface area contributed by atoms with E-state index in [0.29, 0.717) is 6.54 Å².